The summed E-state index contributed by atoms with van der Waals surface area (Å²) in [5, 5.41) is 13.3. The van der Waals surface area contributed by atoms with Gasteiger partial charge in [-0.1, -0.05) is 6.07 Å². The van der Waals surface area contributed by atoms with E-state index in [0.29, 0.717) is 26.1 Å². The number of sulfone groups is 1. The van der Waals surface area contributed by atoms with Crippen LogP contribution in [0.25, 0.3) is 0 Å². The second kappa shape index (κ2) is 7.40. The van der Waals surface area contributed by atoms with E-state index in [9.17, 15) is 18.3 Å². The number of nitrogens with zero attached hydrogens (tertiary/aromatic N) is 1. The maximum atomic E-state index is 12.6. The summed E-state index contributed by atoms with van der Waals surface area (Å²) in [4.78, 5) is 16.4. The lowest BCUT2D eigenvalue weighted by molar-refractivity contribution is 0.0983. The average molecular weight is 447 g/mol. The third kappa shape index (κ3) is 3.86. The smallest absolute Gasteiger partial charge is 0.258 e. The molecule has 2 aromatic rings. The maximum absolute atomic E-state index is 12.6. The molecule has 1 aliphatic rings. The minimum Gasteiger partial charge on any atom is -0.507 e. The molecule has 25 heavy (non-hydrogen) atoms. The highest BCUT2D eigenvalue weighted by Gasteiger charge is 2.31. The normalized spacial score (nSPS) is 15.9. The van der Waals surface area contributed by atoms with Crippen LogP contribution in [0.3, 0.4) is 0 Å². The highest BCUT2D eigenvalue weighted by atomic mass is 79.9. The van der Waals surface area contributed by atoms with Gasteiger partial charge in [-0.15, -0.1) is 11.3 Å². The van der Waals surface area contributed by atoms with E-state index in [1.54, 1.807) is 0 Å². The number of aromatic nitrogens is 1. The molecule has 0 aliphatic carbocycles. The van der Waals surface area contributed by atoms with E-state index in [0.717, 1.165) is 11.3 Å². The molecule has 2 heterocycles. The molecule has 1 aliphatic heterocycles. The summed E-state index contributed by atoms with van der Waals surface area (Å²) in [6, 6.07) is 4.52. The van der Waals surface area contributed by atoms with Gasteiger partial charge in [-0.3, -0.25) is 10.1 Å². The molecule has 0 radical (unpaired) electrons. The van der Waals surface area contributed by atoms with Crippen molar-refractivity contribution in [1.29, 1.82) is 0 Å². The molecule has 1 saturated heterocycles. The number of hydrogen-bond acceptors (Lipinski definition) is 7. The van der Waals surface area contributed by atoms with E-state index in [1.807, 2.05) is 0 Å². The van der Waals surface area contributed by atoms with Gasteiger partial charge in [0.1, 0.15) is 5.75 Å². The lowest BCUT2D eigenvalue weighted by atomic mass is 10.2. The molecule has 10 heteroatoms. The van der Waals surface area contributed by atoms with E-state index in [4.69, 9.17) is 4.74 Å². The van der Waals surface area contributed by atoms with Crippen LogP contribution < -0.4 is 5.32 Å². The molecule has 2 N–H and O–H groups in total. The monoisotopic (exact) mass is 446 g/mol. The second-order valence-electron chi connectivity index (χ2n) is 5.44. The number of halogens is 1. The molecule has 0 bridgehead atoms. The highest BCUT2D eigenvalue weighted by molar-refractivity contribution is 9.10. The summed E-state index contributed by atoms with van der Waals surface area (Å²) in [5.41, 5.74) is 0.226. The Morgan fingerprint density at radius 3 is 2.80 bits per heavy atom. The van der Waals surface area contributed by atoms with Crippen LogP contribution in [0.1, 0.15) is 23.2 Å². The summed E-state index contributed by atoms with van der Waals surface area (Å²) in [7, 11) is -3.54. The fraction of sp³-hybridized carbons (Fsp3) is 0.333. The largest absolute Gasteiger partial charge is 0.507 e. The van der Waals surface area contributed by atoms with Crippen molar-refractivity contribution in [3.8, 4) is 5.75 Å². The van der Waals surface area contributed by atoms with Crippen molar-refractivity contribution in [2.24, 2.45) is 0 Å². The Morgan fingerprint density at radius 1 is 1.36 bits per heavy atom. The van der Waals surface area contributed by atoms with Crippen molar-refractivity contribution in [1.82, 2.24) is 4.98 Å². The summed E-state index contributed by atoms with van der Waals surface area (Å²) in [5.74, 6) is -0.554. The van der Waals surface area contributed by atoms with Gasteiger partial charge in [0.15, 0.2) is 20.0 Å². The number of benzene rings is 1. The van der Waals surface area contributed by atoms with Crippen LogP contribution in [-0.4, -0.2) is 42.9 Å². The van der Waals surface area contributed by atoms with Gasteiger partial charge >= 0.3 is 0 Å². The number of thiazole rings is 1. The minimum atomic E-state index is -3.54. The Balaban J connectivity index is 1.77. The van der Waals surface area contributed by atoms with Gasteiger partial charge in [0.25, 0.3) is 5.91 Å². The summed E-state index contributed by atoms with van der Waals surface area (Å²) < 4.78 is 30.6. The van der Waals surface area contributed by atoms with Crippen LogP contribution in [0.15, 0.2) is 33.1 Å². The number of nitrogens with one attached hydrogen (secondary N) is 1. The van der Waals surface area contributed by atoms with Gasteiger partial charge in [-0.25, -0.2) is 13.4 Å². The first-order valence-corrected chi connectivity index (χ1v) is 10.7. The number of phenolic OH excluding ortho intramolecular Hbond substituents is 1. The van der Waals surface area contributed by atoms with Crippen molar-refractivity contribution >= 4 is 48.1 Å². The van der Waals surface area contributed by atoms with Crippen molar-refractivity contribution < 1.29 is 23.1 Å². The SMILES string of the molecule is O=C(Nc1nc(S(=O)(=O)C2CCOCC2)cs1)c1cccc(O)c1Br. The Bertz CT molecular complexity index is 891. The summed E-state index contributed by atoms with van der Waals surface area (Å²) >= 11 is 4.19. The minimum absolute atomic E-state index is 0.0327. The second-order valence-corrected chi connectivity index (χ2v) is 9.27. The third-order valence-corrected chi connectivity index (χ3v) is 7.71. The Morgan fingerprint density at radius 2 is 2.08 bits per heavy atom. The molecule has 0 atom stereocenters. The van der Waals surface area contributed by atoms with Gasteiger partial charge in [0, 0.05) is 18.6 Å². The predicted octanol–water partition coefficient (Wildman–Crippen LogP) is 2.82. The number of hydrogen-bond donors (Lipinski definition) is 2. The number of carbonyl (C=O) groups is 1. The van der Waals surface area contributed by atoms with Crippen LogP contribution in [-0.2, 0) is 14.6 Å². The van der Waals surface area contributed by atoms with Gasteiger partial charge in [0.2, 0.25) is 0 Å². The van der Waals surface area contributed by atoms with E-state index >= 15 is 0 Å². The Labute approximate surface area is 157 Å². The molecule has 0 unspecified atom stereocenters. The molecular weight excluding hydrogens is 432 g/mol. The molecule has 0 saturated carbocycles. The maximum Gasteiger partial charge on any atom is 0.258 e. The summed E-state index contributed by atoms with van der Waals surface area (Å²) in [6.07, 6.45) is 0.885. The van der Waals surface area contributed by atoms with Crippen LogP contribution in [0.5, 0.6) is 5.75 Å². The number of ether oxygens (including phenoxy) is 1. The Kier molecular flexibility index (Phi) is 5.42. The quantitative estimate of drug-likeness (QED) is 0.747. The van der Waals surface area contributed by atoms with E-state index in [2.05, 4.69) is 26.2 Å². The molecule has 1 amide bonds. The number of amides is 1. The standard InChI is InChI=1S/C15H15BrN2O5S2/c16-13-10(2-1-3-11(13)19)14(20)18-15-17-12(8-24-15)25(21,22)9-4-6-23-7-5-9/h1-3,8-9,19H,4-7H2,(H,17,18,20). The third-order valence-electron chi connectivity index (χ3n) is 3.83. The number of aromatic hydroxyl groups is 1. The van der Waals surface area contributed by atoms with E-state index in [1.165, 1.54) is 23.6 Å². The molecule has 1 fully saturated rings. The van der Waals surface area contributed by atoms with Gasteiger partial charge in [0.05, 0.1) is 15.3 Å². The number of carbonyl (C=O) groups excluding carboxylic acids is 1. The zero-order chi connectivity index (χ0) is 18.0. The van der Waals surface area contributed by atoms with E-state index < -0.39 is 21.0 Å². The van der Waals surface area contributed by atoms with Crippen molar-refractivity contribution in [2.45, 2.75) is 23.1 Å². The fourth-order valence-electron chi connectivity index (χ4n) is 2.46. The molecule has 7 nitrogen and oxygen atoms in total. The lowest BCUT2D eigenvalue weighted by Gasteiger charge is -2.20. The molecular formula is C15H15BrN2O5S2. The van der Waals surface area contributed by atoms with Gasteiger partial charge in [-0.05, 0) is 40.9 Å². The first-order chi connectivity index (χ1) is 11.9. The van der Waals surface area contributed by atoms with Crippen LogP contribution in [0.4, 0.5) is 5.13 Å². The topological polar surface area (TPSA) is 106 Å². The van der Waals surface area contributed by atoms with Crippen molar-refractivity contribution in [3.63, 3.8) is 0 Å². The number of rotatable bonds is 4. The number of phenols is 1. The van der Waals surface area contributed by atoms with Crippen molar-refractivity contribution in [3.05, 3.63) is 33.6 Å². The first-order valence-electron chi connectivity index (χ1n) is 7.45. The van der Waals surface area contributed by atoms with Crippen LogP contribution in [0, 0.1) is 0 Å². The van der Waals surface area contributed by atoms with Crippen LogP contribution in [0.2, 0.25) is 0 Å². The lowest BCUT2D eigenvalue weighted by Crippen LogP contribution is -2.29. The fourth-order valence-corrected chi connectivity index (χ4v) is 5.59. The highest BCUT2D eigenvalue weighted by Crippen LogP contribution is 2.30. The number of anilines is 1. The zero-order valence-corrected chi connectivity index (χ0v) is 16.2. The van der Waals surface area contributed by atoms with Gasteiger partial charge < -0.3 is 9.84 Å². The molecule has 134 valence electrons. The molecule has 3 rings (SSSR count). The van der Waals surface area contributed by atoms with Crippen molar-refractivity contribution in [2.75, 3.05) is 18.5 Å². The molecule has 1 aromatic carbocycles. The predicted molar refractivity (Wildman–Crippen MR) is 96.9 cm³/mol. The Hall–Kier alpha value is -1.49. The first kappa shape index (κ1) is 18.3. The zero-order valence-electron chi connectivity index (χ0n) is 12.9. The molecule has 0 spiro atoms. The average Bonchev–Trinajstić information content (AvgIpc) is 3.07. The molecule has 1 aromatic heterocycles. The van der Waals surface area contributed by atoms with Gasteiger partial charge in [-0.2, -0.15) is 0 Å². The van der Waals surface area contributed by atoms with Crippen LogP contribution >= 0.6 is 27.3 Å². The van der Waals surface area contributed by atoms with E-state index in [-0.39, 0.29) is 25.9 Å². The summed E-state index contributed by atoms with van der Waals surface area (Å²) in [6.45, 7) is 0.840.